The summed E-state index contributed by atoms with van der Waals surface area (Å²) < 4.78 is 1.49. The van der Waals surface area contributed by atoms with E-state index in [4.69, 9.17) is 0 Å². The molecule has 1 aromatic rings. The van der Waals surface area contributed by atoms with Gasteiger partial charge in [-0.15, -0.1) is 0 Å². The third kappa shape index (κ3) is 5.61. The summed E-state index contributed by atoms with van der Waals surface area (Å²) in [4.78, 5) is 32.1. The summed E-state index contributed by atoms with van der Waals surface area (Å²) in [6.45, 7) is 4.66. The van der Waals surface area contributed by atoms with Crippen LogP contribution in [0.25, 0.3) is 5.57 Å². The largest absolute Gasteiger partial charge is 0.388 e. The number of carbonyl (C=O) groups excluding carboxylic acids is 1. The van der Waals surface area contributed by atoms with Gasteiger partial charge in [0.1, 0.15) is 0 Å². The van der Waals surface area contributed by atoms with E-state index < -0.39 is 11.1 Å². The Morgan fingerprint density at radius 1 is 1.12 bits per heavy atom. The Morgan fingerprint density at radius 2 is 1.88 bits per heavy atom. The number of piperidine rings is 1. The maximum Gasteiger partial charge on any atom is 0.253 e. The van der Waals surface area contributed by atoms with Crippen molar-refractivity contribution in [2.75, 3.05) is 6.54 Å². The van der Waals surface area contributed by atoms with Gasteiger partial charge in [0.05, 0.1) is 24.2 Å². The normalized spacial score (nSPS) is 24.4. The molecule has 33 heavy (non-hydrogen) atoms. The lowest BCUT2D eigenvalue weighted by atomic mass is 9.78. The predicted molar refractivity (Wildman–Crippen MR) is 131 cm³/mol. The molecule has 2 heterocycles. The maximum absolute atomic E-state index is 13.0. The fourth-order valence-corrected chi connectivity index (χ4v) is 5.27. The summed E-state index contributed by atoms with van der Waals surface area (Å²) in [6, 6.07) is 1.54. The van der Waals surface area contributed by atoms with Gasteiger partial charge in [0.25, 0.3) is 5.56 Å². The fourth-order valence-electron chi connectivity index (χ4n) is 5.27. The molecule has 0 saturated carbocycles. The van der Waals surface area contributed by atoms with Crippen LogP contribution in [0.2, 0.25) is 0 Å². The quantitative estimate of drug-likeness (QED) is 0.707. The Labute approximate surface area is 196 Å². The van der Waals surface area contributed by atoms with Gasteiger partial charge in [0.15, 0.2) is 0 Å². The zero-order valence-corrected chi connectivity index (χ0v) is 19.8. The summed E-state index contributed by atoms with van der Waals surface area (Å²) >= 11 is 0. The van der Waals surface area contributed by atoms with E-state index in [-0.39, 0.29) is 18.0 Å². The fraction of sp³-hybridized carbons (Fsp3) is 0.519. The molecule has 6 heteroatoms. The van der Waals surface area contributed by atoms with Crippen molar-refractivity contribution in [3.8, 4) is 0 Å². The van der Waals surface area contributed by atoms with E-state index in [9.17, 15) is 14.7 Å². The highest BCUT2D eigenvalue weighted by molar-refractivity contribution is 5.77. The number of carbonyl (C=O) groups is 1. The van der Waals surface area contributed by atoms with Crippen LogP contribution in [-0.4, -0.2) is 43.1 Å². The zero-order valence-electron chi connectivity index (χ0n) is 19.8. The number of rotatable bonds is 6. The van der Waals surface area contributed by atoms with Crippen LogP contribution >= 0.6 is 0 Å². The molecule has 0 aromatic carbocycles. The van der Waals surface area contributed by atoms with Crippen LogP contribution in [0, 0.1) is 0 Å². The molecule has 176 valence electrons. The third-order valence-electron chi connectivity index (χ3n) is 6.93. The van der Waals surface area contributed by atoms with Crippen molar-refractivity contribution in [1.29, 1.82) is 0 Å². The summed E-state index contributed by atoms with van der Waals surface area (Å²) in [5, 5.41) is 11.4. The van der Waals surface area contributed by atoms with E-state index in [1.807, 2.05) is 24.8 Å². The second kappa shape index (κ2) is 9.64. The highest BCUT2D eigenvalue weighted by Crippen LogP contribution is 2.36. The summed E-state index contributed by atoms with van der Waals surface area (Å²) in [6.07, 6.45) is 20.4. The van der Waals surface area contributed by atoms with Crippen LogP contribution in [0.15, 0.2) is 59.2 Å². The van der Waals surface area contributed by atoms with Gasteiger partial charge >= 0.3 is 0 Å². The molecule has 1 aromatic heterocycles. The number of nitrogens with zero attached hydrogens (tertiary/aromatic N) is 3. The lowest BCUT2D eigenvalue weighted by Crippen LogP contribution is -2.59. The molecule has 1 saturated heterocycles. The van der Waals surface area contributed by atoms with Crippen LogP contribution in [-0.2, 0) is 11.3 Å². The van der Waals surface area contributed by atoms with Crippen LogP contribution in [0.5, 0.6) is 0 Å². The Kier molecular flexibility index (Phi) is 6.84. The van der Waals surface area contributed by atoms with Crippen molar-refractivity contribution in [2.24, 2.45) is 0 Å². The van der Waals surface area contributed by atoms with Crippen LogP contribution in [0.1, 0.15) is 70.9 Å². The molecular weight excluding hydrogens is 414 g/mol. The molecule has 0 radical (unpaired) electrons. The minimum absolute atomic E-state index is 0.124. The van der Waals surface area contributed by atoms with E-state index in [0.29, 0.717) is 31.5 Å². The monoisotopic (exact) mass is 449 g/mol. The van der Waals surface area contributed by atoms with Crippen molar-refractivity contribution in [3.05, 3.63) is 70.5 Å². The topological polar surface area (TPSA) is 75.4 Å². The van der Waals surface area contributed by atoms with Gasteiger partial charge in [0, 0.05) is 31.0 Å². The predicted octanol–water partition coefficient (Wildman–Crippen LogP) is 4.17. The smallest absolute Gasteiger partial charge is 0.253 e. The SMILES string of the molecule is CC1(C)CC(O)(Cn2cnc(C3=CCCC=C3)cc2=O)CCN1C(=O)CCC1=CCCC=C1. The Balaban J connectivity index is 1.40. The number of amides is 1. The number of aliphatic hydroxyl groups is 1. The molecule has 6 nitrogen and oxygen atoms in total. The van der Waals surface area contributed by atoms with Gasteiger partial charge in [0.2, 0.25) is 5.91 Å². The standard InChI is InChI=1S/C27H35N3O3/c1-26(2)18-27(33,15-16-30(26)24(31)14-13-21-9-5-3-6-10-21)19-29-20-28-23(17-25(29)32)22-11-7-4-8-12-22/h5,7,9-12,17,20,33H,3-4,6,8,13-16,18-19H2,1-2H3. The molecule has 0 bridgehead atoms. The molecule has 1 N–H and O–H groups in total. The molecular formula is C27H35N3O3. The first-order valence-corrected chi connectivity index (χ1v) is 12.1. The molecule has 1 aliphatic heterocycles. The minimum atomic E-state index is -1.06. The van der Waals surface area contributed by atoms with Crippen LogP contribution in [0.4, 0.5) is 0 Å². The Bertz CT molecular complexity index is 1080. The van der Waals surface area contributed by atoms with E-state index in [2.05, 4.69) is 35.4 Å². The molecule has 4 rings (SSSR count). The number of aromatic nitrogens is 2. The maximum atomic E-state index is 13.0. The number of allylic oxidation sites excluding steroid dienone is 8. The van der Waals surface area contributed by atoms with E-state index in [0.717, 1.165) is 37.7 Å². The molecule has 1 amide bonds. The molecule has 2 aliphatic carbocycles. The highest BCUT2D eigenvalue weighted by atomic mass is 16.3. The lowest BCUT2D eigenvalue weighted by molar-refractivity contribution is -0.147. The Morgan fingerprint density at radius 3 is 2.52 bits per heavy atom. The van der Waals surface area contributed by atoms with Crippen molar-refractivity contribution in [1.82, 2.24) is 14.5 Å². The van der Waals surface area contributed by atoms with Crippen molar-refractivity contribution >= 4 is 11.5 Å². The number of hydrogen-bond donors (Lipinski definition) is 1. The summed E-state index contributed by atoms with van der Waals surface area (Å²) in [7, 11) is 0. The molecule has 1 fully saturated rings. The minimum Gasteiger partial charge on any atom is -0.388 e. The molecule has 3 aliphatic rings. The first-order chi connectivity index (χ1) is 15.8. The third-order valence-corrected chi connectivity index (χ3v) is 6.93. The van der Waals surface area contributed by atoms with Crippen molar-refractivity contribution in [2.45, 2.75) is 82.9 Å². The number of likely N-dealkylation sites (tertiary alicyclic amines) is 1. The zero-order chi connectivity index (χ0) is 23.5. The lowest BCUT2D eigenvalue weighted by Gasteiger charge is -2.49. The summed E-state index contributed by atoms with van der Waals surface area (Å²) in [5.41, 5.74) is 1.15. The van der Waals surface area contributed by atoms with Crippen LogP contribution < -0.4 is 5.56 Å². The van der Waals surface area contributed by atoms with Crippen molar-refractivity contribution in [3.63, 3.8) is 0 Å². The molecule has 0 spiro atoms. The van der Waals surface area contributed by atoms with E-state index in [1.165, 1.54) is 16.5 Å². The molecule has 1 atom stereocenters. The summed E-state index contributed by atoms with van der Waals surface area (Å²) in [5.74, 6) is 0.124. The van der Waals surface area contributed by atoms with Gasteiger partial charge in [-0.2, -0.15) is 0 Å². The molecule has 1 unspecified atom stereocenters. The number of hydrogen-bond acceptors (Lipinski definition) is 4. The van der Waals surface area contributed by atoms with Gasteiger partial charge in [-0.25, -0.2) is 4.98 Å². The van der Waals surface area contributed by atoms with Gasteiger partial charge in [-0.05, 0) is 57.9 Å². The van der Waals surface area contributed by atoms with Crippen LogP contribution in [0.3, 0.4) is 0 Å². The van der Waals surface area contributed by atoms with E-state index >= 15 is 0 Å². The van der Waals surface area contributed by atoms with Gasteiger partial charge in [-0.1, -0.05) is 42.0 Å². The average Bonchev–Trinajstić information content (AvgIpc) is 2.79. The Hall–Kier alpha value is -2.73. The van der Waals surface area contributed by atoms with Gasteiger partial charge in [-0.3, -0.25) is 14.2 Å². The highest BCUT2D eigenvalue weighted by Gasteiger charge is 2.44. The second-order valence-electron chi connectivity index (χ2n) is 10.1. The van der Waals surface area contributed by atoms with E-state index in [1.54, 1.807) is 6.07 Å². The van der Waals surface area contributed by atoms with Crippen molar-refractivity contribution < 1.29 is 9.90 Å². The first-order valence-electron chi connectivity index (χ1n) is 12.1. The first kappa shape index (κ1) is 23.4. The average molecular weight is 450 g/mol. The second-order valence-corrected chi connectivity index (χ2v) is 10.1. The van der Waals surface area contributed by atoms with Gasteiger partial charge < -0.3 is 10.0 Å².